The Morgan fingerprint density at radius 1 is 1.43 bits per heavy atom. The summed E-state index contributed by atoms with van der Waals surface area (Å²) >= 11 is 5.82. The molecule has 0 aliphatic heterocycles. The van der Waals surface area contributed by atoms with Crippen molar-refractivity contribution in [3.63, 3.8) is 0 Å². The van der Waals surface area contributed by atoms with Crippen molar-refractivity contribution < 1.29 is 5.11 Å². The van der Waals surface area contributed by atoms with Gasteiger partial charge in [0.25, 0.3) is 0 Å². The van der Waals surface area contributed by atoms with Crippen LogP contribution in [0.25, 0.3) is 5.69 Å². The molecular formula is C10H9ClN2O. The second-order valence-corrected chi connectivity index (χ2v) is 3.32. The lowest BCUT2D eigenvalue weighted by atomic mass is 10.2. The normalized spacial score (nSPS) is 10.4. The first-order valence-electron chi connectivity index (χ1n) is 4.20. The fraction of sp³-hybridized carbons (Fsp3) is 0.100. The van der Waals surface area contributed by atoms with E-state index >= 15 is 0 Å². The Morgan fingerprint density at radius 3 is 2.93 bits per heavy atom. The van der Waals surface area contributed by atoms with Gasteiger partial charge in [-0.15, -0.1) is 0 Å². The van der Waals surface area contributed by atoms with Crippen molar-refractivity contribution in [1.82, 2.24) is 9.78 Å². The number of rotatable bonds is 2. The maximum absolute atomic E-state index is 9.14. The molecule has 0 bridgehead atoms. The lowest BCUT2D eigenvalue weighted by molar-refractivity contribution is 0.281. The molecule has 3 nitrogen and oxygen atoms in total. The average molecular weight is 209 g/mol. The summed E-state index contributed by atoms with van der Waals surface area (Å²) in [4.78, 5) is 0. The Morgan fingerprint density at radius 2 is 2.29 bits per heavy atom. The molecule has 0 saturated heterocycles. The first-order valence-corrected chi connectivity index (χ1v) is 4.58. The van der Waals surface area contributed by atoms with Crippen molar-refractivity contribution >= 4 is 11.6 Å². The lowest BCUT2D eigenvalue weighted by Crippen LogP contribution is -1.99. The van der Waals surface area contributed by atoms with E-state index in [4.69, 9.17) is 16.7 Å². The molecule has 0 fully saturated rings. The number of hydrogen-bond acceptors (Lipinski definition) is 2. The number of halogens is 1. The zero-order chi connectivity index (χ0) is 9.97. The molecule has 1 heterocycles. The third-order valence-corrected chi connectivity index (χ3v) is 2.20. The molecule has 0 spiro atoms. The third-order valence-electron chi connectivity index (χ3n) is 1.96. The second-order valence-electron chi connectivity index (χ2n) is 2.88. The highest BCUT2D eigenvalue weighted by Crippen LogP contribution is 2.18. The summed E-state index contributed by atoms with van der Waals surface area (Å²) in [5.74, 6) is 0. The molecule has 0 atom stereocenters. The first kappa shape index (κ1) is 9.24. The first-order chi connectivity index (χ1) is 6.81. The van der Waals surface area contributed by atoms with Crippen LogP contribution < -0.4 is 0 Å². The highest BCUT2D eigenvalue weighted by Gasteiger charge is 2.04. The van der Waals surface area contributed by atoms with Crippen molar-refractivity contribution in [2.75, 3.05) is 0 Å². The van der Waals surface area contributed by atoms with E-state index in [1.54, 1.807) is 23.0 Å². The number of hydrogen-bond donors (Lipinski definition) is 1. The zero-order valence-electron chi connectivity index (χ0n) is 7.39. The summed E-state index contributed by atoms with van der Waals surface area (Å²) < 4.78 is 1.70. The van der Waals surface area contributed by atoms with Crippen LogP contribution in [0.15, 0.2) is 36.7 Å². The largest absolute Gasteiger partial charge is 0.392 e. The Kier molecular flexibility index (Phi) is 2.52. The van der Waals surface area contributed by atoms with Crippen molar-refractivity contribution in [3.05, 3.63) is 47.2 Å². The molecular weight excluding hydrogens is 200 g/mol. The quantitative estimate of drug-likeness (QED) is 0.820. The number of aliphatic hydroxyl groups excluding tert-OH is 1. The zero-order valence-corrected chi connectivity index (χ0v) is 8.15. The average Bonchev–Trinajstić information content (AvgIpc) is 2.70. The molecule has 2 rings (SSSR count). The van der Waals surface area contributed by atoms with E-state index in [2.05, 4.69) is 5.10 Å². The minimum absolute atomic E-state index is 0.0459. The van der Waals surface area contributed by atoms with E-state index in [0.29, 0.717) is 5.02 Å². The van der Waals surface area contributed by atoms with Crippen LogP contribution in [0.4, 0.5) is 0 Å². The SMILES string of the molecule is OCc1cc(Cl)ccc1-n1cccn1. The number of nitrogens with zero attached hydrogens (tertiary/aromatic N) is 2. The molecule has 0 radical (unpaired) electrons. The standard InChI is InChI=1S/C10H9ClN2O/c11-9-2-3-10(8(6-9)7-14)13-5-1-4-12-13/h1-6,14H,7H2. The monoisotopic (exact) mass is 208 g/mol. The van der Waals surface area contributed by atoms with Crippen LogP contribution in [0.1, 0.15) is 5.56 Å². The van der Waals surface area contributed by atoms with Crippen molar-refractivity contribution in [3.8, 4) is 5.69 Å². The Balaban J connectivity index is 2.53. The van der Waals surface area contributed by atoms with Gasteiger partial charge in [-0.3, -0.25) is 0 Å². The van der Waals surface area contributed by atoms with Crippen LogP contribution in [0.5, 0.6) is 0 Å². The lowest BCUT2D eigenvalue weighted by Gasteiger charge is -2.07. The molecule has 14 heavy (non-hydrogen) atoms. The molecule has 1 N–H and O–H groups in total. The maximum atomic E-state index is 9.14. The van der Waals surface area contributed by atoms with Crippen molar-refractivity contribution in [2.45, 2.75) is 6.61 Å². The highest BCUT2D eigenvalue weighted by molar-refractivity contribution is 6.30. The molecule has 1 aromatic carbocycles. The molecule has 4 heteroatoms. The van der Waals surface area contributed by atoms with Gasteiger partial charge < -0.3 is 5.11 Å². The van der Waals surface area contributed by atoms with Gasteiger partial charge in [-0.1, -0.05) is 11.6 Å². The van der Waals surface area contributed by atoms with Gasteiger partial charge in [0.15, 0.2) is 0 Å². The highest BCUT2D eigenvalue weighted by atomic mass is 35.5. The summed E-state index contributed by atoms with van der Waals surface area (Å²) in [6.45, 7) is -0.0459. The van der Waals surface area contributed by atoms with Gasteiger partial charge in [0.1, 0.15) is 0 Å². The van der Waals surface area contributed by atoms with Gasteiger partial charge in [-0.2, -0.15) is 5.10 Å². The van der Waals surface area contributed by atoms with Crippen molar-refractivity contribution in [2.24, 2.45) is 0 Å². The van der Waals surface area contributed by atoms with E-state index in [9.17, 15) is 0 Å². The molecule has 2 aromatic rings. The summed E-state index contributed by atoms with van der Waals surface area (Å²) in [6, 6.07) is 7.17. The van der Waals surface area contributed by atoms with Crippen LogP contribution >= 0.6 is 11.6 Å². The molecule has 0 unspecified atom stereocenters. The van der Waals surface area contributed by atoms with Gasteiger partial charge in [0.2, 0.25) is 0 Å². The van der Waals surface area contributed by atoms with E-state index in [1.807, 2.05) is 18.3 Å². The van der Waals surface area contributed by atoms with Crippen LogP contribution in [-0.4, -0.2) is 14.9 Å². The molecule has 1 aromatic heterocycles. The second kappa shape index (κ2) is 3.82. The Hall–Kier alpha value is -1.32. The fourth-order valence-electron chi connectivity index (χ4n) is 1.32. The molecule has 0 saturated carbocycles. The van der Waals surface area contributed by atoms with Crippen LogP contribution in [0.3, 0.4) is 0 Å². The minimum Gasteiger partial charge on any atom is -0.392 e. The van der Waals surface area contributed by atoms with Gasteiger partial charge >= 0.3 is 0 Å². The number of benzene rings is 1. The van der Waals surface area contributed by atoms with Gasteiger partial charge in [0, 0.05) is 23.0 Å². The van der Waals surface area contributed by atoms with Gasteiger partial charge in [0.05, 0.1) is 12.3 Å². The molecule has 72 valence electrons. The van der Waals surface area contributed by atoms with Crippen LogP contribution in [0.2, 0.25) is 5.02 Å². The van der Waals surface area contributed by atoms with Crippen LogP contribution in [0, 0.1) is 0 Å². The van der Waals surface area contributed by atoms with E-state index in [0.717, 1.165) is 11.3 Å². The predicted octanol–water partition coefficient (Wildman–Crippen LogP) is 2.02. The Bertz CT molecular complexity index is 426. The molecule has 0 aliphatic rings. The van der Waals surface area contributed by atoms with Gasteiger partial charge in [-0.05, 0) is 24.3 Å². The van der Waals surface area contributed by atoms with E-state index < -0.39 is 0 Å². The summed E-state index contributed by atoms with van der Waals surface area (Å²) in [7, 11) is 0. The summed E-state index contributed by atoms with van der Waals surface area (Å²) in [6.07, 6.45) is 3.51. The predicted molar refractivity (Wildman–Crippen MR) is 54.5 cm³/mol. The molecule has 0 aliphatic carbocycles. The van der Waals surface area contributed by atoms with Gasteiger partial charge in [-0.25, -0.2) is 4.68 Å². The van der Waals surface area contributed by atoms with Crippen molar-refractivity contribution in [1.29, 1.82) is 0 Å². The Labute approximate surface area is 86.6 Å². The molecule has 0 amide bonds. The number of aliphatic hydroxyl groups is 1. The van der Waals surface area contributed by atoms with E-state index in [-0.39, 0.29) is 6.61 Å². The topological polar surface area (TPSA) is 38.0 Å². The van der Waals surface area contributed by atoms with E-state index in [1.165, 1.54) is 0 Å². The van der Waals surface area contributed by atoms with Crippen LogP contribution in [-0.2, 0) is 6.61 Å². The maximum Gasteiger partial charge on any atom is 0.0703 e. The smallest absolute Gasteiger partial charge is 0.0703 e. The number of aromatic nitrogens is 2. The minimum atomic E-state index is -0.0459. The third kappa shape index (κ3) is 1.64. The summed E-state index contributed by atoms with van der Waals surface area (Å²) in [5.41, 5.74) is 1.61. The summed E-state index contributed by atoms with van der Waals surface area (Å²) in [5, 5.41) is 13.8. The fourth-order valence-corrected chi connectivity index (χ4v) is 1.51.